The fourth-order valence-electron chi connectivity index (χ4n) is 2.11. The predicted molar refractivity (Wildman–Crippen MR) is 63.8 cm³/mol. The smallest absolute Gasteiger partial charge is 0.232 e. The molecule has 1 aromatic heterocycles. The van der Waals surface area contributed by atoms with Gasteiger partial charge in [-0.1, -0.05) is 12.8 Å². The number of rotatable bonds is 5. The third-order valence-corrected chi connectivity index (χ3v) is 3.03. The number of aliphatic hydroxyl groups excluding tert-OH is 1. The monoisotopic (exact) mass is 237 g/mol. The van der Waals surface area contributed by atoms with Crippen molar-refractivity contribution in [2.24, 2.45) is 0 Å². The highest BCUT2D eigenvalue weighted by molar-refractivity contribution is 5.00. The first-order valence-electron chi connectivity index (χ1n) is 6.16. The number of nitrogens with one attached hydrogen (secondary N) is 1. The molecule has 0 unspecified atom stereocenters. The van der Waals surface area contributed by atoms with E-state index in [9.17, 15) is 5.11 Å². The quantitative estimate of drug-likeness (QED) is 0.740. The Labute approximate surface area is 101 Å². The van der Waals surface area contributed by atoms with E-state index >= 15 is 0 Å². The second-order valence-electron chi connectivity index (χ2n) is 4.30. The molecule has 2 N–H and O–H groups in total. The summed E-state index contributed by atoms with van der Waals surface area (Å²) in [6.45, 7) is 1.26. The Balaban J connectivity index is 1.63. The molecule has 0 radical (unpaired) electrons. The number of hydrogen-bond acceptors (Lipinski definition) is 5. The van der Waals surface area contributed by atoms with Crippen LogP contribution in [0.1, 0.15) is 25.7 Å². The van der Waals surface area contributed by atoms with Gasteiger partial charge in [-0.15, -0.1) is 0 Å². The topological polar surface area (TPSA) is 67.3 Å². The van der Waals surface area contributed by atoms with Crippen LogP contribution in [-0.2, 0) is 0 Å². The molecule has 17 heavy (non-hydrogen) atoms. The molecule has 94 valence electrons. The number of aliphatic hydroxyl groups is 1. The highest BCUT2D eigenvalue weighted by Gasteiger charge is 2.21. The summed E-state index contributed by atoms with van der Waals surface area (Å²) in [7, 11) is 0. The van der Waals surface area contributed by atoms with Crippen molar-refractivity contribution in [3.05, 3.63) is 18.6 Å². The molecule has 0 aliphatic heterocycles. The van der Waals surface area contributed by atoms with Crippen LogP contribution in [0, 0.1) is 0 Å². The fourth-order valence-corrected chi connectivity index (χ4v) is 2.11. The summed E-state index contributed by atoms with van der Waals surface area (Å²) in [4.78, 5) is 7.93. The molecular weight excluding hydrogens is 218 g/mol. The molecule has 5 heteroatoms. The van der Waals surface area contributed by atoms with Gasteiger partial charge in [-0.05, 0) is 12.8 Å². The van der Waals surface area contributed by atoms with Gasteiger partial charge in [0.05, 0.1) is 12.3 Å². The maximum absolute atomic E-state index is 9.76. The highest BCUT2D eigenvalue weighted by atomic mass is 16.5. The van der Waals surface area contributed by atoms with Crippen molar-refractivity contribution in [2.75, 3.05) is 13.2 Å². The van der Waals surface area contributed by atoms with Gasteiger partial charge in [-0.2, -0.15) is 0 Å². The van der Waals surface area contributed by atoms with Crippen LogP contribution in [0.5, 0.6) is 5.88 Å². The van der Waals surface area contributed by atoms with E-state index in [1.165, 1.54) is 6.42 Å². The molecule has 0 amide bonds. The van der Waals surface area contributed by atoms with Gasteiger partial charge in [0, 0.05) is 25.0 Å². The summed E-state index contributed by atoms with van der Waals surface area (Å²) in [6.07, 6.45) is 8.89. The van der Waals surface area contributed by atoms with Crippen LogP contribution < -0.4 is 10.1 Å². The number of ether oxygens (including phenoxy) is 1. The largest absolute Gasteiger partial charge is 0.475 e. The van der Waals surface area contributed by atoms with Crippen LogP contribution >= 0.6 is 0 Å². The van der Waals surface area contributed by atoms with E-state index in [1.54, 1.807) is 18.6 Å². The molecule has 1 aromatic rings. The minimum atomic E-state index is -0.208. The molecule has 1 heterocycles. The molecule has 2 atom stereocenters. The fraction of sp³-hybridized carbons (Fsp3) is 0.667. The summed E-state index contributed by atoms with van der Waals surface area (Å²) in [5, 5.41) is 13.1. The zero-order valence-corrected chi connectivity index (χ0v) is 9.88. The van der Waals surface area contributed by atoms with Gasteiger partial charge in [0.1, 0.15) is 6.61 Å². The standard InChI is InChI=1S/C12H19N3O2/c16-11-4-2-1-3-10(11)14-7-8-17-12-9-13-5-6-15-12/h5-6,9-11,14,16H,1-4,7-8H2/t10-,11-/m0/s1. The average molecular weight is 237 g/mol. The Morgan fingerprint density at radius 3 is 3.00 bits per heavy atom. The van der Waals surface area contributed by atoms with Crippen molar-refractivity contribution < 1.29 is 9.84 Å². The lowest BCUT2D eigenvalue weighted by Crippen LogP contribution is -2.43. The van der Waals surface area contributed by atoms with Crippen LogP contribution in [0.3, 0.4) is 0 Å². The minimum Gasteiger partial charge on any atom is -0.475 e. The first kappa shape index (κ1) is 12.3. The Kier molecular flexibility index (Phi) is 4.70. The summed E-state index contributed by atoms with van der Waals surface area (Å²) in [6, 6.07) is 0.217. The molecule has 1 aliphatic rings. The SMILES string of the molecule is O[C@H]1CCCC[C@@H]1NCCOc1cnccn1. The third-order valence-electron chi connectivity index (χ3n) is 3.03. The van der Waals surface area contributed by atoms with Gasteiger partial charge in [0.15, 0.2) is 0 Å². The lowest BCUT2D eigenvalue weighted by Gasteiger charge is -2.28. The van der Waals surface area contributed by atoms with Crippen molar-refractivity contribution in [3.8, 4) is 5.88 Å². The molecule has 0 aromatic carbocycles. The van der Waals surface area contributed by atoms with E-state index in [-0.39, 0.29) is 12.1 Å². The van der Waals surface area contributed by atoms with E-state index in [0.717, 1.165) is 25.8 Å². The summed E-state index contributed by atoms with van der Waals surface area (Å²) in [5.41, 5.74) is 0. The molecule has 0 saturated heterocycles. The van der Waals surface area contributed by atoms with Crippen LogP contribution in [-0.4, -0.2) is 40.4 Å². The van der Waals surface area contributed by atoms with E-state index in [2.05, 4.69) is 15.3 Å². The second-order valence-corrected chi connectivity index (χ2v) is 4.30. The van der Waals surface area contributed by atoms with Crippen LogP contribution in [0.2, 0.25) is 0 Å². The van der Waals surface area contributed by atoms with Gasteiger partial charge < -0.3 is 15.2 Å². The first-order valence-corrected chi connectivity index (χ1v) is 6.16. The molecule has 0 bridgehead atoms. The summed E-state index contributed by atoms with van der Waals surface area (Å²) < 4.78 is 5.41. The number of aromatic nitrogens is 2. The van der Waals surface area contributed by atoms with Crippen molar-refractivity contribution in [3.63, 3.8) is 0 Å². The molecule has 2 rings (SSSR count). The van der Waals surface area contributed by atoms with Crippen LogP contribution in [0.25, 0.3) is 0 Å². The van der Waals surface area contributed by atoms with Crippen LogP contribution in [0.15, 0.2) is 18.6 Å². The normalized spacial score (nSPS) is 24.5. The lowest BCUT2D eigenvalue weighted by molar-refractivity contribution is 0.0889. The molecule has 5 nitrogen and oxygen atoms in total. The third kappa shape index (κ3) is 3.94. The number of nitrogens with zero attached hydrogens (tertiary/aromatic N) is 2. The molecule has 1 saturated carbocycles. The maximum Gasteiger partial charge on any atom is 0.232 e. The number of hydrogen-bond donors (Lipinski definition) is 2. The maximum atomic E-state index is 9.76. The molecular formula is C12H19N3O2. The van der Waals surface area contributed by atoms with E-state index in [4.69, 9.17) is 4.74 Å². The molecule has 1 fully saturated rings. The Morgan fingerprint density at radius 1 is 1.35 bits per heavy atom. The Morgan fingerprint density at radius 2 is 2.24 bits per heavy atom. The van der Waals surface area contributed by atoms with Crippen molar-refractivity contribution in [2.45, 2.75) is 37.8 Å². The van der Waals surface area contributed by atoms with Gasteiger partial charge in [0.2, 0.25) is 5.88 Å². The zero-order valence-electron chi connectivity index (χ0n) is 9.88. The van der Waals surface area contributed by atoms with E-state index < -0.39 is 0 Å². The van der Waals surface area contributed by atoms with Crippen LogP contribution in [0.4, 0.5) is 0 Å². The van der Waals surface area contributed by atoms with Crippen molar-refractivity contribution >= 4 is 0 Å². The van der Waals surface area contributed by atoms with Crippen molar-refractivity contribution in [1.82, 2.24) is 15.3 Å². The van der Waals surface area contributed by atoms with Gasteiger partial charge in [-0.25, -0.2) is 4.98 Å². The minimum absolute atomic E-state index is 0.208. The lowest BCUT2D eigenvalue weighted by atomic mass is 9.93. The molecule has 0 spiro atoms. The Hall–Kier alpha value is -1.20. The van der Waals surface area contributed by atoms with Gasteiger partial charge in [0.25, 0.3) is 0 Å². The van der Waals surface area contributed by atoms with Gasteiger partial charge in [-0.3, -0.25) is 4.98 Å². The Bertz CT molecular complexity index is 321. The van der Waals surface area contributed by atoms with Crippen molar-refractivity contribution in [1.29, 1.82) is 0 Å². The summed E-state index contributed by atoms with van der Waals surface area (Å²) in [5.74, 6) is 0.540. The van der Waals surface area contributed by atoms with Gasteiger partial charge >= 0.3 is 0 Å². The highest BCUT2D eigenvalue weighted by Crippen LogP contribution is 2.17. The van der Waals surface area contributed by atoms with E-state index in [0.29, 0.717) is 12.5 Å². The summed E-state index contributed by atoms with van der Waals surface area (Å²) >= 11 is 0. The average Bonchev–Trinajstić information content (AvgIpc) is 2.38. The zero-order chi connectivity index (χ0) is 11.9. The first-order chi connectivity index (χ1) is 8.36. The predicted octanol–water partition coefficient (Wildman–Crippen LogP) is 0.748. The van der Waals surface area contributed by atoms with E-state index in [1.807, 2.05) is 0 Å². The second kappa shape index (κ2) is 6.51. The molecule has 1 aliphatic carbocycles.